The molecule has 1 aliphatic heterocycles. The number of hydrogen-bond donors (Lipinski definition) is 0. The summed E-state index contributed by atoms with van der Waals surface area (Å²) in [5.74, 6) is -1.39. The maximum Gasteiger partial charge on any atom is 0.239 e. The Bertz CT molecular complexity index is 735. The lowest BCUT2D eigenvalue weighted by Crippen LogP contribution is -2.46. The third kappa shape index (κ3) is 3.84. The van der Waals surface area contributed by atoms with Gasteiger partial charge in [0.15, 0.2) is 0 Å². The van der Waals surface area contributed by atoms with Crippen LogP contribution in [0.1, 0.15) is 12.0 Å². The van der Waals surface area contributed by atoms with E-state index in [0.29, 0.717) is 25.2 Å². The summed E-state index contributed by atoms with van der Waals surface area (Å²) in [4.78, 5) is 9.64. The predicted molar refractivity (Wildman–Crippen MR) is 81.8 cm³/mol. The van der Waals surface area contributed by atoms with Crippen molar-refractivity contribution in [1.82, 2.24) is 14.9 Å². The van der Waals surface area contributed by atoms with E-state index < -0.39 is 18.1 Å². The number of nitrogens with zero attached hydrogens (tertiary/aromatic N) is 3. The van der Waals surface area contributed by atoms with E-state index in [1.54, 1.807) is 0 Å². The fraction of sp³-hybridized carbons (Fsp3) is 0.375. The molecule has 0 amide bonds. The Morgan fingerprint density at radius 2 is 1.88 bits per heavy atom. The highest BCUT2D eigenvalue weighted by Gasteiger charge is 2.29. The lowest BCUT2D eigenvalue weighted by atomic mass is 9.96. The summed E-state index contributed by atoms with van der Waals surface area (Å²) >= 11 is 5.57. The Labute approximate surface area is 141 Å². The zero-order valence-corrected chi connectivity index (χ0v) is 13.3. The molecule has 0 aliphatic carbocycles. The van der Waals surface area contributed by atoms with Crippen molar-refractivity contribution in [1.29, 1.82) is 0 Å². The van der Waals surface area contributed by atoms with Gasteiger partial charge >= 0.3 is 0 Å². The van der Waals surface area contributed by atoms with Crippen LogP contribution in [-0.2, 0) is 6.54 Å². The molecule has 0 radical (unpaired) electrons. The van der Waals surface area contributed by atoms with Crippen molar-refractivity contribution in [3.05, 3.63) is 46.9 Å². The van der Waals surface area contributed by atoms with E-state index in [0.717, 1.165) is 12.3 Å². The quantitative estimate of drug-likeness (QED) is 0.593. The molecular weight excluding hydrogens is 346 g/mol. The van der Waals surface area contributed by atoms with Crippen LogP contribution in [0.15, 0.2) is 24.5 Å². The molecule has 0 saturated carbocycles. The number of likely N-dealkylation sites (tertiary alicyclic amines) is 1. The molecule has 1 saturated heterocycles. The third-order valence-electron chi connectivity index (χ3n) is 3.92. The van der Waals surface area contributed by atoms with E-state index in [1.807, 2.05) is 4.90 Å². The highest BCUT2D eigenvalue weighted by Crippen LogP contribution is 2.27. The molecule has 1 fully saturated rings. The normalized spacial score (nSPS) is 15.8. The van der Waals surface area contributed by atoms with E-state index in [4.69, 9.17) is 11.6 Å². The van der Waals surface area contributed by atoms with Gasteiger partial charge in [0.05, 0.1) is 5.56 Å². The van der Waals surface area contributed by atoms with Crippen molar-refractivity contribution in [3.63, 3.8) is 0 Å². The minimum Gasteiger partial charge on any atom is -0.298 e. The van der Waals surface area contributed by atoms with Crippen molar-refractivity contribution < 1.29 is 17.6 Å². The summed E-state index contributed by atoms with van der Waals surface area (Å²) in [5, 5.41) is -0.0237. The minimum atomic E-state index is -2.29. The molecule has 0 N–H and O–H groups in total. The first kappa shape index (κ1) is 17.1. The summed E-state index contributed by atoms with van der Waals surface area (Å²) < 4.78 is 52.6. The molecule has 1 aliphatic rings. The molecule has 0 atom stereocenters. The fourth-order valence-electron chi connectivity index (χ4n) is 2.81. The van der Waals surface area contributed by atoms with Gasteiger partial charge in [-0.05, 0) is 17.5 Å². The lowest BCUT2D eigenvalue weighted by Gasteiger charge is -2.39. The van der Waals surface area contributed by atoms with Crippen molar-refractivity contribution >= 4 is 11.6 Å². The van der Waals surface area contributed by atoms with Crippen LogP contribution in [0.4, 0.5) is 17.6 Å². The van der Waals surface area contributed by atoms with Crippen LogP contribution in [0, 0.1) is 17.6 Å². The molecule has 128 valence electrons. The van der Waals surface area contributed by atoms with E-state index in [-0.39, 0.29) is 28.7 Å². The van der Waals surface area contributed by atoms with Crippen molar-refractivity contribution in [2.75, 3.05) is 13.1 Å². The number of hydrogen-bond acceptors (Lipinski definition) is 3. The first-order chi connectivity index (χ1) is 11.4. The highest BCUT2D eigenvalue weighted by atomic mass is 35.5. The average Bonchev–Trinajstić information content (AvgIpc) is 2.46. The molecule has 3 rings (SSSR count). The average molecular weight is 360 g/mol. The number of alkyl halides is 2. The lowest BCUT2D eigenvalue weighted by molar-refractivity contribution is 0.0316. The molecule has 0 aromatic carbocycles. The molecule has 3 heterocycles. The molecule has 3 nitrogen and oxygen atoms in total. The van der Waals surface area contributed by atoms with Crippen LogP contribution in [0.25, 0.3) is 11.3 Å². The van der Waals surface area contributed by atoms with Gasteiger partial charge in [-0.25, -0.2) is 22.5 Å². The first-order valence-corrected chi connectivity index (χ1v) is 7.76. The largest absolute Gasteiger partial charge is 0.298 e. The highest BCUT2D eigenvalue weighted by molar-refractivity contribution is 6.29. The molecule has 0 unspecified atom stereocenters. The van der Waals surface area contributed by atoms with Crippen LogP contribution < -0.4 is 0 Å². The Balaban J connectivity index is 1.67. The van der Waals surface area contributed by atoms with Gasteiger partial charge in [-0.1, -0.05) is 11.6 Å². The summed E-state index contributed by atoms with van der Waals surface area (Å²) in [6.45, 7) is 1.54. The second-order valence-electron chi connectivity index (χ2n) is 5.85. The molecule has 0 bridgehead atoms. The second kappa shape index (κ2) is 7.03. The van der Waals surface area contributed by atoms with Gasteiger partial charge in [0.25, 0.3) is 0 Å². The third-order valence-corrected chi connectivity index (χ3v) is 4.13. The van der Waals surface area contributed by atoms with Gasteiger partial charge in [-0.15, -0.1) is 0 Å². The molecule has 2 aromatic rings. The number of halogens is 5. The Morgan fingerprint density at radius 1 is 1.12 bits per heavy atom. The second-order valence-corrected chi connectivity index (χ2v) is 6.24. The fourth-order valence-corrected chi connectivity index (χ4v) is 2.95. The van der Waals surface area contributed by atoms with Crippen molar-refractivity contribution in [2.45, 2.75) is 19.4 Å². The number of rotatable bonds is 5. The van der Waals surface area contributed by atoms with Crippen LogP contribution in [0.2, 0.25) is 5.15 Å². The Kier molecular flexibility index (Phi) is 5.01. The van der Waals surface area contributed by atoms with Crippen LogP contribution in [0.3, 0.4) is 0 Å². The van der Waals surface area contributed by atoms with E-state index in [9.17, 15) is 17.6 Å². The van der Waals surface area contributed by atoms with E-state index in [1.165, 1.54) is 12.3 Å². The molecule has 2 aromatic heterocycles. The molecule has 24 heavy (non-hydrogen) atoms. The van der Waals surface area contributed by atoms with Crippen LogP contribution >= 0.6 is 11.6 Å². The minimum absolute atomic E-state index is 0.0173. The molecule has 0 spiro atoms. The SMILES string of the molecule is Fc1cc(Cl)ncc1-c1ncc(CN2CC(CC(F)F)C2)cc1F. The maximum atomic E-state index is 14.2. The Morgan fingerprint density at radius 3 is 2.50 bits per heavy atom. The molecule has 8 heteroatoms. The summed E-state index contributed by atoms with van der Waals surface area (Å²) in [7, 11) is 0. The topological polar surface area (TPSA) is 29.0 Å². The summed E-state index contributed by atoms with van der Waals surface area (Å²) in [6, 6.07) is 2.27. The van der Waals surface area contributed by atoms with Gasteiger partial charge < -0.3 is 0 Å². The van der Waals surface area contributed by atoms with Gasteiger partial charge in [0.1, 0.15) is 22.5 Å². The van der Waals surface area contributed by atoms with Gasteiger partial charge in [-0.3, -0.25) is 9.88 Å². The summed E-state index contributed by atoms with van der Waals surface area (Å²) in [5.41, 5.74) is 0.401. The summed E-state index contributed by atoms with van der Waals surface area (Å²) in [6.07, 6.45) is 0.184. The maximum absolute atomic E-state index is 14.2. The zero-order valence-electron chi connectivity index (χ0n) is 12.5. The van der Waals surface area contributed by atoms with Gasteiger partial charge in [-0.2, -0.15) is 0 Å². The Hall–Kier alpha value is -1.73. The monoisotopic (exact) mass is 359 g/mol. The predicted octanol–water partition coefficient (Wildman–Crippen LogP) is 4.16. The zero-order chi connectivity index (χ0) is 17.3. The van der Waals surface area contributed by atoms with Crippen LogP contribution in [0.5, 0.6) is 0 Å². The first-order valence-electron chi connectivity index (χ1n) is 7.38. The molecular formula is C16H14ClF4N3. The van der Waals surface area contributed by atoms with Crippen molar-refractivity contribution in [3.8, 4) is 11.3 Å². The van der Waals surface area contributed by atoms with Gasteiger partial charge in [0, 0.05) is 44.5 Å². The standard InChI is InChI=1S/C16H14ClF4N3/c17-14-3-12(18)11(5-22-14)16-13(19)1-9(4-23-16)6-24-7-10(8-24)2-15(20)21/h1,3-5,10,15H,2,6-8H2. The van der Waals surface area contributed by atoms with Crippen LogP contribution in [-0.4, -0.2) is 34.4 Å². The van der Waals surface area contributed by atoms with E-state index in [2.05, 4.69) is 9.97 Å². The smallest absolute Gasteiger partial charge is 0.239 e. The van der Waals surface area contributed by atoms with Gasteiger partial charge in [0.2, 0.25) is 6.43 Å². The number of pyridine rings is 2. The van der Waals surface area contributed by atoms with E-state index >= 15 is 0 Å². The number of aromatic nitrogens is 2. The van der Waals surface area contributed by atoms with Crippen molar-refractivity contribution in [2.24, 2.45) is 5.92 Å².